The molecule has 158 valence electrons. The van der Waals surface area contributed by atoms with E-state index in [4.69, 9.17) is 0 Å². The van der Waals surface area contributed by atoms with E-state index >= 15 is 0 Å². The van der Waals surface area contributed by atoms with Crippen molar-refractivity contribution in [2.45, 2.75) is 32.5 Å². The van der Waals surface area contributed by atoms with Crippen LogP contribution in [0.5, 0.6) is 0 Å². The smallest absolute Gasteiger partial charge is 0.320 e. The average molecular weight is 416 g/mol. The summed E-state index contributed by atoms with van der Waals surface area (Å²) < 4.78 is 41.1. The monoisotopic (exact) mass is 416 g/mol. The maximum absolute atomic E-state index is 13.6. The van der Waals surface area contributed by atoms with Crippen LogP contribution in [0.3, 0.4) is 0 Å². The largest absolute Gasteiger partial charge is 0.352 e. The van der Waals surface area contributed by atoms with Crippen molar-refractivity contribution in [2.24, 2.45) is 5.92 Å². The molecule has 1 N–H and O–H groups in total. The number of halogens is 3. The Balaban J connectivity index is 1.32. The molecule has 0 bridgehead atoms. The first-order chi connectivity index (χ1) is 14.5. The lowest BCUT2D eigenvalue weighted by Crippen LogP contribution is -2.40. The molecular weight excluding hydrogens is 393 g/mol. The molecule has 30 heavy (non-hydrogen) atoms. The molecule has 4 rings (SSSR count). The van der Waals surface area contributed by atoms with Crippen LogP contribution in [0.1, 0.15) is 30.8 Å². The molecule has 0 radical (unpaired) electrons. The highest BCUT2D eigenvalue weighted by Crippen LogP contribution is 2.25. The fourth-order valence-electron chi connectivity index (χ4n) is 3.91. The minimum absolute atomic E-state index is 0.0289. The lowest BCUT2D eigenvalue weighted by Gasteiger charge is -2.31. The molecule has 0 aliphatic carbocycles. The van der Waals surface area contributed by atoms with Gasteiger partial charge in [0.25, 0.3) is 0 Å². The number of carbonyl (C=O) groups is 1. The summed E-state index contributed by atoms with van der Waals surface area (Å²) in [5.41, 5.74) is 1.83. The molecule has 1 amide bonds. The van der Waals surface area contributed by atoms with Crippen LogP contribution in [-0.4, -0.2) is 33.4 Å². The van der Waals surface area contributed by atoms with Gasteiger partial charge in [-0.25, -0.2) is 9.37 Å². The summed E-state index contributed by atoms with van der Waals surface area (Å²) in [7, 11) is 0. The summed E-state index contributed by atoms with van der Waals surface area (Å²) in [4.78, 5) is 18.9. The molecule has 0 spiro atoms. The predicted molar refractivity (Wildman–Crippen MR) is 107 cm³/mol. The summed E-state index contributed by atoms with van der Waals surface area (Å²) in [6.07, 6.45) is 1.31. The van der Waals surface area contributed by atoms with Crippen LogP contribution in [0.2, 0.25) is 0 Å². The molecule has 1 aliphatic heterocycles. The topological polar surface area (TPSA) is 50.2 Å². The zero-order chi connectivity index (χ0) is 21.1. The van der Waals surface area contributed by atoms with Crippen molar-refractivity contribution >= 4 is 16.9 Å². The molecule has 1 fully saturated rings. The summed E-state index contributed by atoms with van der Waals surface area (Å²) in [5.74, 6) is -0.113. The number of para-hydroxylation sites is 2. The normalized spacial score (nSPS) is 15.7. The highest BCUT2D eigenvalue weighted by atomic mass is 19.3. The van der Waals surface area contributed by atoms with E-state index in [9.17, 15) is 18.0 Å². The number of amides is 1. The predicted octanol–water partition coefficient (Wildman–Crippen LogP) is 4.10. The van der Waals surface area contributed by atoms with Crippen molar-refractivity contribution < 1.29 is 18.0 Å². The van der Waals surface area contributed by atoms with Crippen LogP contribution in [0.25, 0.3) is 11.0 Å². The molecule has 1 saturated heterocycles. The Morgan fingerprint density at radius 1 is 1.10 bits per heavy atom. The van der Waals surface area contributed by atoms with Gasteiger partial charge in [0.2, 0.25) is 5.91 Å². The number of aromatic nitrogens is 2. The third kappa shape index (κ3) is 4.48. The van der Waals surface area contributed by atoms with E-state index in [-0.39, 0.29) is 17.6 Å². The Labute approximate surface area is 172 Å². The number of piperidine rings is 1. The third-order valence-corrected chi connectivity index (χ3v) is 5.57. The quantitative estimate of drug-likeness (QED) is 0.658. The second kappa shape index (κ2) is 8.87. The molecule has 3 aromatic rings. The Kier molecular flexibility index (Phi) is 6.03. The fourth-order valence-corrected chi connectivity index (χ4v) is 3.91. The van der Waals surface area contributed by atoms with Gasteiger partial charge in [-0.1, -0.05) is 24.3 Å². The van der Waals surface area contributed by atoms with Crippen molar-refractivity contribution in [2.75, 3.05) is 13.1 Å². The molecule has 2 heterocycles. The van der Waals surface area contributed by atoms with Crippen LogP contribution in [0, 0.1) is 11.7 Å². The standard InChI is InChI=1S/C22H23F3N4O/c23-17-7-5-15(6-8-17)13-26-21(30)16-9-11-28(12-10-16)14-20-27-18-3-1-2-4-19(18)29(20)22(24)25/h1-8,16,22H,9-14H2,(H,26,30). The van der Waals surface area contributed by atoms with Gasteiger partial charge < -0.3 is 5.32 Å². The van der Waals surface area contributed by atoms with Gasteiger partial charge in [-0.2, -0.15) is 8.78 Å². The lowest BCUT2D eigenvalue weighted by molar-refractivity contribution is -0.126. The summed E-state index contributed by atoms with van der Waals surface area (Å²) in [6, 6.07) is 12.9. The SMILES string of the molecule is O=C(NCc1ccc(F)cc1)C1CCN(Cc2nc3ccccc3n2C(F)F)CC1. The van der Waals surface area contributed by atoms with Crippen LogP contribution >= 0.6 is 0 Å². The zero-order valence-corrected chi connectivity index (χ0v) is 16.4. The van der Waals surface area contributed by atoms with E-state index in [2.05, 4.69) is 15.2 Å². The number of benzene rings is 2. The third-order valence-electron chi connectivity index (χ3n) is 5.57. The molecule has 5 nitrogen and oxygen atoms in total. The molecule has 1 aliphatic rings. The number of rotatable bonds is 6. The van der Waals surface area contributed by atoms with E-state index in [0.29, 0.717) is 55.9 Å². The number of hydrogen-bond acceptors (Lipinski definition) is 3. The minimum Gasteiger partial charge on any atom is -0.352 e. The van der Waals surface area contributed by atoms with E-state index in [1.165, 1.54) is 12.1 Å². The van der Waals surface area contributed by atoms with E-state index in [1.54, 1.807) is 36.4 Å². The van der Waals surface area contributed by atoms with Crippen LogP contribution in [0.4, 0.5) is 13.2 Å². The first-order valence-electron chi connectivity index (χ1n) is 10.00. The van der Waals surface area contributed by atoms with Crippen molar-refractivity contribution in [3.8, 4) is 0 Å². The molecule has 0 saturated carbocycles. The number of nitrogens with zero attached hydrogens (tertiary/aromatic N) is 3. The number of nitrogens with one attached hydrogen (secondary N) is 1. The van der Waals surface area contributed by atoms with Gasteiger partial charge in [0.1, 0.15) is 11.6 Å². The van der Waals surface area contributed by atoms with Crippen LogP contribution in [0.15, 0.2) is 48.5 Å². The molecule has 1 aromatic heterocycles. The minimum atomic E-state index is -2.65. The van der Waals surface area contributed by atoms with E-state index < -0.39 is 6.55 Å². The van der Waals surface area contributed by atoms with Gasteiger partial charge in [0.05, 0.1) is 17.6 Å². The second-order valence-electron chi connectivity index (χ2n) is 7.56. The fraction of sp³-hybridized carbons (Fsp3) is 0.364. The highest BCUT2D eigenvalue weighted by molar-refractivity contribution is 5.78. The molecule has 2 aromatic carbocycles. The average Bonchev–Trinajstić information content (AvgIpc) is 3.11. The number of hydrogen-bond donors (Lipinski definition) is 1. The van der Waals surface area contributed by atoms with E-state index in [0.717, 1.165) is 10.1 Å². The molecule has 0 atom stereocenters. The summed E-state index contributed by atoms with van der Waals surface area (Å²) in [5, 5.41) is 2.90. The van der Waals surface area contributed by atoms with Crippen molar-refractivity contribution in [1.29, 1.82) is 0 Å². The van der Waals surface area contributed by atoms with Gasteiger partial charge >= 0.3 is 6.55 Å². The summed E-state index contributed by atoms with van der Waals surface area (Å²) >= 11 is 0. The Bertz CT molecular complexity index is 1010. The van der Waals surface area contributed by atoms with Crippen LogP contribution in [-0.2, 0) is 17.9 Å². The van der Waals surface area contributed by atoms with Crippen molar-refractivity contribution in [3.63, 3.8) is 0 Å². The number of alkyl halides is 2. The maximum atomic E-state index is 13.6. The molecule has 8 heteroatoms. The Morgan fingerprint density at radius 3 is 2.50 bits per heavy atom. The second-order valence-corrected chi connectivity index (χ2v) is 7.56. The van der Waals surface area contributed by atoms with Gasteiger partial charge in [0.15, 0.2) is 0 Å². The Hall–Kier alpha value is -2.87. The number of carbonyl (C=O) groups excluding carboxylic acids is 1. The van der Waals surface area contributed by atoms with Gasteiger partial charge in [0, 0.05) is 12.5 Å². The first-order valence-corrected chi connectivity index (χ1v) is 10.00. The van der Waals surface area contributed by atoms with Crippen molar-refractivity contribution in [1.82, 2.24) is 19.8 Å². The first kappa shape index (κ1) is 20.4. The number of imidazole rings is 1. The van der Waals surface area contributed by atoms with Crippen molar-refractivity contribution in [3.05, 3.63) is 65.7 Å². The van der Waals surface area contributed by atoms with Gasteiger partial charge in [-0.15, -0.1) is 0 Å². The van der Waals surface area contributed by atoms with E-state index in [1.807, 2.05) is 0 Å². The van der Waals surface area contributed by atoms with Gasteiger partial charge in [-0.3, -0.25) is 14.3 Å². The summed E-state index contributed by atoms with van der Waals surface area (Å²) in [6.45, 7) is -0.690. The maximum Gasteiger partial charge on any atom is 0.320 e. The number of fused-ring (bicyclic) bond motifs is 1. The number of likely N-dealkylation sites (tertiary alicyclic amines) is 1. The zero-order valence-electron chi connectivity index (χ0n) is 16.4. The Morgan fingerprint density at radius 2 is 1.80 bits per heavy atom. The molecular formula is C22H23F3N4O. The lowest BCUT2D eigenvalue weighted by atomic mass is 9.96. The highest BCUT2D eigenvalue weighted by Gasteiger charge is 2.27. The molecule has 0 unspecified atom stereocenters. The van der Waals surface area contributed by atoms with Crippen LogP contribution < -0.4 is 5.32 Å². The van der Waals surface area contributed by atoms with Gasteiger partial charge in [-0.05, 0) is 55.8 Å².